The quantitative estimate of drug-likeness (QED) is 0.874. The van der Waals surface area contributed by atoms with E-state index in [1.807, 2.05) is 7.05 Å². The second-order valence-corrected chi connectivity index (χ2v) is 7.97. The highest BCUT2D eigenvalue weighted by Crippen LogP contribution is 2.26. The zero-order valence-corrected chi connectivity index (χ0v) is 13.3. The number of aromatic nitrogens is 1. The van der Waals surface area contributed by atoms with Crippen LogP contribution in [0.2, 0.25) is 0 Å². The molecule has 7 heteroatoms. The molecular formula is C14H24N4O2S. The lowest BCUT2D eigenvalue weighted by molar-refractivity contribution is 0.257. The van der Waals surface area contributed by atoms with Crippen LogP contribution in [0.4, 0.5) is 0 Å². The maximum absolute atomic E-state index is 12.9. The molecule has 0 bridgehead atoms. The molecule has 0 saturated carbocycles. The lowest BCUT2D eigenvalue weighted by Crippen LogP contribution is -2.39. The van der Waals surface area contributed by atoms with Crippen molar-refractivity contribution >= 4 is 10.0 Å². The van der Waals surface area contributed by atoms with Gasteiger partial charge in [0.05, 0.1) is 0 Å². The van der Waals surface area contributed by atoms with E-state index >= 15 is 0 Å². The van der Waals surface area contributed by atoms with Gasteiger partial charge in [0.15, 0.2) is 0 Å². The molecule has 21 heavy (non-hydrogen) atoms. The average molecular weight is 312 g/mol. The molecule has 0 amide bonds. The zero-order valence-electron chi connectivity index (χ0n) is 12.5. The monoisotopic (exact) mass is 312 g/mol. The molecule has 2 N–H and O–H groups in total. The first kappa shape index (κ1) is 15.0. The van der Waals surface area contributed by atoms with Gasteiger partial charge in [0.2, 0.25) is 10.0 Å². The van der Waals surface area contributed by atoms with E-state index in [9.17, 15) is 8.42 Å². The standard InChI is InChI=1S/C14H24N4O2S/c1-16-11-14(8-13(16)9-15)21(19,20)18-7-3-6-17-5-2-4-12(17)10-18/h8,11-12H,2-7,9-10,15H2,1H3. The van der Waals surface area contributed by atoms with Gasteiger partial charge in [-0.3, -0.25) is 4.90 Å². The molecule has 0 aliphatic carbocycles. The van der Waals surface area contributed by atoms with Crippen molar-refractivity contribution in [1.82, 2.24) is 13.8 Å². The number of sulfonamides is 1. The molecule has 3 heterocycles. The Morgan fingerprint density at radius 3 is 2.76 bits per heavy atom. The first-order chi connectivity index (χ1) is 10.0. The minimum atomic E-state index is -3.41. The van der Waals surface area contributed by atoms with Gasteiger partial charge < -0.3 is 10.3 Å². The lowest BCUT2D eigenvalue weighted by Gasteiger charge is -2.24. The van der Waals surface area contributed by atoms with Gasteiger partial charge in [-0.2, -0.15) is 4.31 Å². The summed E-state index contributed by atoms with van der Waals surface area (Å²) in [7, 11) is -1.57. The third-order valence-electron chi connectivity index (χ3n) is 4.70. The van der Waals surface area contributed by atoms with Crippen molar-refractivity contribution in [3.63, 3.8) is 0 Å². The molecule has 2 fully saturated rings. The number of nitrogens with zero attached hydrogens (tertiary/aromatic N) is 3. The van der Waals surface area contributed by atoms with Gasteiger partial charge in [0.25, 0.3) is 0 Å². The number of fused-ring (bicyclic) bond motifs is 1. The summed E-state index contributed by atoms with van der Waals surface area (Å²) in [4.78, 5) is 2.81. The van der Waals surface area contributed by atoms with Crippen molar-refractivity contribution in [3.8, 4) is 0 Å². The summed E-state index contributed by atoms with van der Waals surface area (Å²) in [5.74, 6) is 0. The van der Waals surface area contributed by atoms with Gasteiger partial charge in [-0.1, -0.05) is 0 Å². The van der Waals surface area contributed by atoms with Crippen LogP contribution in [-0.2, 0) is 23.6 Å². The van der Waals surface area contributed by atoms with E-state index in [0.717, 1.165) is 31.6 Å². The van der Waals surface area contributed by atoms with Gasteiger partial charge in [-0.25, -0.2) is 8.42 Å². The highest BCUT2D eigenvalue weighted by Gasteiger charge is 2.34. The van der Waals surface area contributed by atoms with Crippen LogP contribution in [0.25, 0.3) is 0 Å². The normalized spacial score (nSPS) is 25.0. The van der Waals surface area contributed by atoms with Gasteiger partial charge in [-0.15, -0.1) is 0 Å². The zero-order chi connectivity index (χ0) is 15.0. The van der Waals surface area contributed by atoms with Crippen molar-refractivity contribution in [1.29, 1.82) is 0 Å². The number of hydrogen-bond acceptors (Lipinski definition) is 4. The molecule has 0 spiro atoms. The summed E-state index contributed by atoms with van der Waals surface area (Å²) in [6.07, 6.45) is 4.87. The van der Waals surface area contributed by atoms with Gasteiger partial charge in [0.1, 0.15) is 4.90 Å². The van der Waals surface area contributed by atoms with E-state index in [1.165, 1.54) is 6.42 Å². The summed E-state index contributed by atoms with van der Waals surface area (Å²) in [5, 5.41) is 0. The van der Waals surface area contributed by atoms with E-state index in [2.05, 4.69) is 4.90 Å². The van der Waals surface area contributed by atoms with E-state index in [4.69, 9.17) is 5.73 Å². The van der Waals surface area contributed by atoms with Gasteiger partial charge >= 0.3 is 0 Å². The molecule has 1 unspecified atom stereocenters. The Morgan fingerprint density at radius 2 is 2.05 bits per heavy atom. The van der Waals surface area contributed by atoms with E-state index in [0.29, 0.717) is 30.6 Å². The molecule has 1 aromatic heterocycles. The Bertz CT molecular complexity index is 610. The fraction of sp³-hybridized carbons (Fsp3) is 0.714. The van der Waals surface area contributed by atoms with E-state index in [1.54, 1.807) is 21.1 Å². The minimum absolute atomic E-state index is 0.350. The predicted octanol–water partition coefficient (Wildman–Crippen LogP) is 0.343. The number of aryl methyl sites for hydroxylation is 1. The van der Waals surface area contributed by atoms with Crippen molar-refractivity contribution < 1.29 is 8.42 Å². The summed E-state index contributed by atoms with van der Waals surface area (Å²) in [6, 6.07) is 2.09. The van der Waals surface area contributed by atoms with Gasteiger partial charge in [-0.05, 0) is 38.4 Å². The van der Waals surface area contributed by atoms with Crippen molar-refractivity contribution in [2.75, 3.05) is 26.2 Å². The Kier molecular flexibility index (Phi) is 4.09. The van der Waals surface area contributed by atoms with Crippen LogP contribution < -0.4 is 5.73 Å². The lowest BCUT2D eigenvalue weighted by atomic mass is 10.2. The van der Waals surface area contributed by atoms with Crippen LogP contribution in [-0.4, -0.2) is 54.4 Å². The smallest absolute Gasteiger partial charge is 0.244 e. The van der Waals surface area contributed by atoms with E-state index in [-0.39, 0.29) is 0 Å². The Balaban J connectivity index is 1.86. The molecule has 118 valence electrons. The number of hydrogen-bond donors (Lipinski definition) is 1. The maximum atomic E-state index is 12.9. The van der Waals surface area contributed by atoms with Crippen LogP contribution in [0, 0.1) is 0 Å². The SMILES string of the molecule is Cn1cc(S(=O)(=O)N2CCCN3CCCC3C2)cc1CN. The first-order valence-electron chi connectivity index (χ1n) is 7.62. The van der Waals surface area contributed by atoms with Crippen LogP contribution in [0.1, 0.15) is 25.0 Å². The Labute approximate surface area is 126 Å². The largest absolute Gasteiger partial charge is 0.352 e. The summed E-state index contributed by atoms with van der Waals surface area (Å²) in [6.45, 7) is 3.71. The van der Waals surface area contributed by atoms with Crippen LogP contribution in [0.15, 0.2) is 17.2 Å². The minimum Gasteiger partial charge on any atom is -0.352 e. The molecular weight excluding hydrogens is 288 g/mol. The molecule has 0 aromatic carbocycles. The molecule has 2 saturated heterocycles. The van der Waals surface area contributed by atoms with Crippen molar-refractivity contribution in [2.45, 2.75) is 36.7 Å². The fourth-order valence-corrected chi connectivity index (χ4v) is 5.07. The molecule has 1 aromatic rings. The Morgan fingerprint density at radius 1 is 1.29 bits per heavy atom. The molecule has 0 radical (unpaired) electrons. The maximum Gasteiger partial charge on any atom is 0.244 e. The second kappa shape index (κ2) is 5.72. The molecule has 2 aliphatic rings. The summed E-state index contributed by atoms with van der Waals surface area (Å²) >= 11 is 0. The van der Waals surface area contributed by atoms with Crippen LogP contribution in [0.5, 0.6) is 0 Å². The third-order valence-corrected chi connectivity index (χ3v) is 6.53. The third kappa shape index (κ3) is 2.75. The fourth-order valence-electron chi connectivity index (χ4n) is 3.46. The van der Waals surface area contributed by atoms with Crippen LogP contribution in [0.3, 0.4) is 0 Å². The number of rotatable bonds is 3. The topological polar surface area (TPSA) is 71.6 Å². The molecule has 6 nitrogen and oxygen atoms in total. The van der Waals surface area contributed by atoms with Crippen LogP contribution >= 0.6 is 0 Å². The summed E-state index contributed by atoms with van der Waals surface area (Å²) in [5.41, 5.74) is 6.48. The average Bonchev–Trinajstić information content (AvgIpc) is 2.99. The van der Waals surface area contributed by atoms with Crippen molar-refractivity contribution in [3.05, 3.63) is 18.0 Å². The molecule has 1 atom stereocenters. The molecule has 2 aliphatic heterocycles. The van der Waals surface area contributed by atoms with Gasteiger partial charge in [0, 0.05) is 44.6 Å². The molecule has 3 rings (SSSR count). The second-order valence-electron chi connectivity index (χ2n) is 6.03. The van der Waals surface area contributed by atoms with E-state index < -0.39 is 10.0 Å². The van der Waals surface area contributed by atoms with Crippen molar-refractivity contribution in [2.24, 2.45) is 12.8 Å². The first-order valence-corrected chi connectivity index (χ1v) is 9.06. The highest BCUT2D eigenvalue weighted by molar-refractivity contribution is 7.89. The predicted molar refractivity (Wildman–Crippen MR) is 81.3 cm³/mol. The Hall–Kier alpha value is -0.890. The summed E-state index contributed by atoms with van der Waals surface area (Å²) < 4.78 is 29.2. The highest BCUT2D eigenvalue weighted by atomic mass is 32.2. The number of nitrogens with two attached hydrogens (primary N) is 1.